The van der Waals surface area contributed by atoms with Crippen LogP contribution in [0.3, 0.4) is 0 Å². The fourth-order valence-electron chi connectivity index (χ4n) is 3.88. The van der Waals surface area contributed by atoms with Gasteiger partial charge in [-0.25, -0.2) is 0 Å². The highest BCUT2D eigenvalue weighted by Gasteiger charge is 2.40. The molecule has 122 valence electrons. The van der Waals surface area contributed by atoms with E-state index in [9.17, 15) is 4.79 Å². The summed E-state index contributed by atoms with van der Waals surface area (Å²) in [6, 6.07) is 30.8. The van der Waals surface area contributed by atoms with E-state index in [0.717, 1.165) is 22.3 Å². The van der Waals surface area contributed by atoms with E-state index in [2.05, 4.69) is 43.3 Å². The van der Waals surface area contributed by atoms with Gasteiger partial charge >= 0.3 is 0 Å². The van der Waals surface area contributed by atoms with Crippen LogP contribution in [0.25, 0.3) is 11.1 Å². The lowest BCUT2D eigenvalue weighted by molar-refractivity contribution is -0.116. The molecule has 4 rings (SSSR count). The van der Waals surface area contributed by atoms with E-state index in [-0.39, 0.29) is 17.6 Å². The van der Waals surface area contributed by atoms with Crippen LogP contribution in [0.2, 0.25) is 0 Å². The highest BCUT2D eigenvalue weighted by Crippen LogP contribution is 2.49. The predicted octanol–water partition coefficient (Wildman–Crippen LogP) is 5.60. The number of benzene rings is 3. The van der Waals surface area contributed by atoms with Gasteiger partial charge in [0.1, 0.15) is 0 Å². The smallest absolute Gasteiger partial charge is 0.167 e. The summed E-state index contributed by atoms with van der Waals surface area (Å²) < 4.78 is 0. The Labute approximate surface area is 148 Å². The standard InChI is InChI=1S/C24H20O/c1-17-21(18-11-5-2-6-12-18)22(19-13-7-3-8-14-19)23(24(17)25)20-15-9-4-10-16-20/h2-17,21H,1H3/t17-,21+/m0/s1. The SMILES string of the molecule is C[C@@H]1C(=O)C(c2ccccc2)=C(c2ccccc2)[C@H]1c1ccccc1. The molecule has 0 saturated heterocycles. The molecule has 1 aliphatic rings. The lowest BCUT2D eigenvalue weighted by Crippen LogP contribution is -2.12. The van der Waals surface area contributed by atoms with Gasteiger partial charge < -0.3 is 0 Å². The van der Waals surface area contributed by atoms with E-state index >= 15 is 0 Å². The quantitative estimate of drug-likeness (QED) is 0.613. The van der Waals surface area contributed by atoms with Gasteiger partial charge in [0.15, 0.2) is 5.78 Å². The van der Waals surface area contributed by atoms with E-state index < -0.39 is 0 Å². The molecule has 1 nitrogen and oxygen atoms in total. The second-order valence-electron chi connectivity index (χ2n) is 6.56. The average Bonchev–Trinajstić information content (AvgIpc) is 2.95. The second-order valence-corrected chi connectivity index (χ2v) is 6.56. The molecular weight excluding hydrogens is 304 g/mol. The third-order valence-corrected chi connectivity index (χ3v) is 5.05. The third kappa shape index (κ3) is 2.72. The first-order valence-corrected chi connectivity index (χ1v) is 8.71. The Hall–Kier alpha value is -2.93. The first-order chi connectivity index (χ1) is 12.3. The van der Waals surface area contributed by atoms with Gasteiger partial charge in [-0.3, -0.25) is 4.79 Å². The van der Waals surface area contributed by atoms with Gasteiger partial charge in [0, 0.05) is 17.4 Å². The van der Waals surface area contributed by atoms with Crippen molar-refractivity contribution < 1.29 is 4.79 Å². The second kappa shape index (κ2) is 6.52. The number of hydrogen-bond donors (Lipinski definition) is 0. The summed E-state index contributed by atoms with van der Waals surface area (Å²) in [6.45, 7) is 2.05. The molecular formula is C24H20O. The zero-order valence-corrected chi connectivity index (χ0v) is 14.2. The maximum atomic E-state index is 13.2. The minimum atomic E-state index is -0.0622. The zero-order chi connectivity index (χ0) is 17.2. The van der Waals surface area contributed by atoms with Gasteiger partial charge in [0.25, 0.3) is 0 Å². The summed E-state index contributed by atoms with van der Waals surface area (Å²) in [7, 11) is 0. The molecule has 0 spiro atoms. The Bertz CT molecular complexity index is 908. The van der Waals surface area contributed by atoms with Crippen molar-refractivity contribution in [3.05, 3.63) is 108 Å². The molecule has 1 heteroatoms. The van der Waals surface area contributed by atoms with Gasteiger partial charge in [-0.2, -0.15) is 0 Å². The highest BCUT2D eigenvalue weighted by molar-refractivity contribution is 6.33. The average molecular weight is 324 g/mol. The number of ketones is 1. The van der Waals surface area contributed by atoms with Crippen LogP contribution in [-0.2, 0) is 4.79 Å². The highest BCUT2D eigenvalue weighted by atomic mass is 16.1. The van der Waals surface area contributed by atoms with Gasteiger partial charge in [-0.15, -0.1) is 0 Å². The molecule has 0 saturated carbocycles. The summed E-state index contributed by atoms with van der Waals surface area (Å²) in [4.78, 5) is 13.2. The molecule has 2 atom stereocenters. The molecule has 0 heterocycles. The van der Waals surface area contributed by atoms with E-state index in [1.54, 1.807) is 0 Å². The predicted molar refractivity (Wildman–Crippen MR) is 103 cm³/mol. The molecule has 0 unspecified atom stereocenters. The minimum Gasteiger partial charge on any atom is -0.294 e. The molecule has 0 fully saturated rings. The Kier molecular flexibility index (Phi) is 4.07. The Morgan fingerprint density at radius 1 is 0.640 bits per heavy atom. The maximum absolute atomic E-state index is 13.2. The molecule has 0 bridgehead atoms. The number of hydrogen-bond acceptors (Lipinski definition) is 1. The van der Waals surface area contributed by atoms with Crippen LogP contribution in [0.5, 0.6) is 0 Å². The van der Waals surface area contributed by atoms with Crippen LogP contribution in [0.1, 0.15) is 29.5 Å². The maximum Gasteiger partial charge on any atom is 0.167 e. The summed E-state index contributed by atoms with van der Waals surface area (Å²) in [5.41, 5.74) is 5.36. The number of carbonyl (C=O) groups is 1. The van der Waals surface area contributed by atoms with E-state index in [1.165, 1.54) is 5.56 Å². The van der Waals surface area contributed by atoms with Crippen LogP contribution in [0.4, 0.5) is 0 Å². The molecule has 0 radical (unpaired) electrons. The number of Topliss-reactive ketones (excluding diaryl/α,β-unsaturated/α-hetero) is 1. The van der Waals surface area contributed by atoms with Crippen molar-refractivity contribution in [1.82, 2.24) is 0 Å². The largest absolute Gasteiger partial charge is 0.294 e. The Balaban J connectivity index is 1.99. The number of allylic oxidation sites excluding steroid dienone is 2. The van der Waals surface area contributed by atoms with Crippen LogP contribution >= 0.6 is 0 Å². The third-order valence-electron chi connectivity index (χ3n) is 5.05. The summed E-state index contributed by atoms with van der Waals surface area (Å²) in [5.74, 6) is 0.262. The molecule has 3 aromatic rings. The number of rotatable bonds is 3. The monoisotopic (exact) mass is 324 g/mol. The molecule has 25 heavy (non-hydrogen) atoms. The van der Waals surface area contributed by atoms with Crippen molar-refractivity contribution in [2.75, 3.05) is 0 Å². The van der Waals surface area contributed by atoms with Crippen molar-refractivity contribution in [3.63, 3.8) is 0 Å². The van der Waals surface area contributed by atoms with Gasteiger partial charge in [-0.1, -0.05) is 97.9 Å². The lowest BCUT2D eigenvalue weighted by atomic mass is 9.83. The molecule has 1 aliphatic carbocycles. The summed E-state index contributed by atoms with van der Waals surface area (Å²) >= 11 is 0. The molecule has 0 aromatic heterocycles. The molecule has 3 aromatic carbocycles. The van der Waals surface area contributed by atoms with E-state index in [1.807, 2.05) is 54.6 Å². The van der Waals surface area contributed by atoms with E-state index in [0.29, 0.717) is 0 Å². The van der Waals surface area contributed by atoms with Gasteiger partial charge in [0.2, 0.25) is 0 Å². The fourth-order valence-corrected chi connectivity index (χ4v) is 3.88. The van der Waals surface area contributed by atoms with Crippen LogP contribution in [-0.4, -0.2) is 5.78 Å². The first kappa shape index (κ1) is 15.6. The van der Waals surface area contributed by atoms with Crippen molar-refractivity contribution in [1.29, 1.82) is 0 Å². The minimum absolute atomic E-state index is 0.0622. The van der Waals surface area contributed by atoms with Crippen LogP contribution in [0, 0.1) is 5.92 Å². The van der Waals surface area contributed by atoms with Crippen molar-refractivity contribution in [2.45, 2.75) is 12.8 Å². The lowest BCUT2D eigenvalue weighted by Gasteiger charge is -2.20. The molecule has 0 N–H and O–H groups in total. The van der Waals surface area contributed by atoms with Crippen LogP contribution < -0.4 is 0 Å². The zero-order valence-electron chi connectivity index (χ0n) is 14.2. The Morgan fingerprint density at radius 2 is 1.12 bits per heavy atom. The topological polar surface area (TPSA) is 17.1 Å². The van der Waals surface area contributed by atoms with Crippen molar-refractivity contribution >= 4 is 16.9 Å². The van der Waals surface area contributed by atoms with E-state index in [4.69, 9.17) is 0 Å². The fraction of sp³-hybridized carbons (Fsp3) is 0.125. The van der Waals surface area contributed by atoms with Gasteiger partial charge in [-0.05, 0) is 22.3 Å². The van der Waals surface area contributed by atoms with Gasteiger partial charge in [0.05, 0.1) is 0 Å². The number of carbonyl (C=O) groups excluding carboxylic acids is 1. The normalized spacial score (nSPS) is 20.1. The van der Waals surface area contributed by atoms with Crippen molar-refractivity contribution in [3.8, 4) is 0 Å². The molecule has 0 aliphatic heterocycles. The Morgan fingerprint density at radius 3 is 1.68 bits per heavy atom. The summed E-state index contributed by atoms with van der Waals surface area (Å²) in [5, 5.41) is 0. The summed E-state index contributed by atoms with van der Waals surface area (Å²) in [6.07, 6.45) is 0. The molecule has 0 amide bonds. The van der Waals surface area contributed by atoms with Crippen LogP contribution in [0.15, 0.2) is 91.0 Å². The van der Waals surface area contributed by atoms with Crippen molar-refractivity contribution in [2.24, 2.45) is 5.92 Å². The first-order valence-electron chi connectivity index (χ1n) is 8.71.